The molecular formula is C19H24O7. The van der Waals surface area contributed by atoms with Crippen LogP contribution in [0.3, 0.4) is 0 Å². The predicted octanol–water partition coefficient (Wildman–Crippen LogP) is 1.75. The van der Waals surface area contributed by atoms with Crippen molar-refractivity contribution in [1.82, 2.24) is 0 Å². The van der Waals surface area contributed by atoms with Gasteiger partial charge in [0, 0.05) is 26.7 Å². The summed E-state index contributed by atoms with van der Waals surface area (Å²) in [5.74, 6) is -1.46. The van der Waals surface area contributed by atoms with E-state index in [0.717, 1.165) is 11.1 Å². The van der Waals surface area contributed by atoms with Crippen molar-refractivity contribution in [2.45, 2.75) is 58.8 Å². The molecule has 0 amide bonds. The molecule has 0 saturated heterocycles. The van der Waals surface area contributed by atoms with Crippen LogP contribution in [-0.2, 0) is 28.6 Å². The van der Waals surface area contributed by atoms with Crippen LogP contribution < -0.4 is 0 Å². The Morgan fingerprint density at radius 2 is 1.77 bits per heavy atom. The zero-order valence-electron chi connectivity index (χ0n) is 15.4. The minimum Gasteiger partial charge on any atom is -0.458 e. The summed E-state index contributed by atoms with van der Waals surface area (Å²) in [5, 5.41) is 9.56. The standard InChI is InChI=1S/C19H24O7/c1-10-5-6-16(24-12(3)21)11(2)7-18-14(8-17(10)25-13(4)22)15(9-20)19(23)26-18/h5,7,16-18,20H,6,8-9H2,1-4H3. The first-order chi connectivity index (χ1) is 12.2. The SMILES string of the molecule is CC(=O)OC1CC=C(C)C(OC(C)=O)CC2=C(CO)C(=O)OC2C=C1C. The summed E-state index contributed by atoms with van der Waals surface area (Å²) in [6.07, 6.45) is 2.43. The van der Waals surface area contributed by atoms with Gasteiger partial charge in [0.1, 0.15) is 18.3 Å². The number of rotatable bonds is 3. The van der Waals surface area contributed by atoms with Gasteiger partial charge in [-0.25, -0.2) is 4.79 Å². The fraction of sp³-hybridized carbons (Fsp3) is 0.526. The molecule has 2 aliphatic rings. The molecule has 1 aliphatic heterocycles. The van der Waals surface area contributed by atoms with Gasteiger partial charge in [0.25, 0.3) is 0 Å². The Labute approximate surface area is 152 Å². The van der Waals surface area contributed by atoms with Crippen molar-refractivity contribution in [1.29, 1.82) is 0 Å². The van der Waals surface area contributed by atoms with Crippen molar-refractivity contribution >= 4 is 17.9 Å². The number of carbonyl (C=O) groups is 3. The summed E-state index contributed by atoms with van der Waals surface area (Å²) in [6, 6.07) is 0. The van der Waals surface area contributed by atoms with E-state index in [1.54, 1.807) is 13.0 Å². The average Bonchev–Trinajstić information content (AvgIpc) is 2.83. The molecule has 0 aromatic rings. The van der Waals surface area contributed by atoms with Gasteiger partial charge < -0.3 is 19.3 Å². The molecule has 0 spiro atoms. The maximum absolute atomic E-state index is 12.1. The molecule has 0 bridgehead atoms. The molecule has 1 heterocycles. The van der Waals surface area contributed by atoms with E-state index in [1.165, 1.54) is 13.8 Å². The van der Waals surface area contributed by atoms with Crippen LogP contribution in [-0.4, -0.2) is 47.9 Å². The zero-order valence-corrected chi connectivity index (χ0v) is 15.4. The van der Waals surface area contributed by atoms with E-state index in [1.807, 2.05) is 13.0 Å². The van der Waals surface area contributed by atoms with Crippen LogP contribution in [0.4, 0.5) is 0 Å². The summed E-state index contributed by atoms with van der Waals surface area (Å²) in [4.78, 5) is 35.0. The van der Waals surface area contributed by atoms with Gasteiger partial charge in [-0.1, -0.05) is 6.08 Å². The Hall–Kier alpha value is -2.41. The van der Waals surface area contributed by atoms with Gasteiger partial charge in [0.15, 0.2) is 0 Å². The molecule has 7 heteroatoms. The third kappa shape index (κ3) is 4.60. The molecule has 0 aromatic heterocycles. The summed E-state index contributed by atoms with van der Waals surface area (Å²) in [7, 11) is 0. The van der Waals surface area contributed by atoms with E-state index in [9.17, 15) is 19.5 Å². The molecule has 2 rings (SSSR count). The number of hydrogen-bond acceptors (Lipinski definition) is 7. The lowest BCUT2D eigenvalue weighted by Gasteiger charge is -2.24. The number of aliphatic hydroxyl groups excluding tert-OH is 1. The second-order valence-corrected chi connectivity index (χ2v) is 6.48. The van der Waals surface area contributed by atoms with Crippen molar-refractivity contribution in [3.05, 3.63) is 34.4 Å². The first kappa shape index (κ1) is 19.9. The molecule has 0 saturated carbocycles. The van der Waals surface area contributed by atoms with Crippen LogP contribution in [0, 0.1) is 0 Å². The molecule has 1 N–H and O–H groups in total. The lowest BCUT2D eigenvalue weighted by Crippen LogP contribution is -2.25. The Morgan fingerprint density at radius 3 is 2.35 bits per heavy atom. The summed E-state index contributed by atoms with van der Waals surface area (Å²) in [6.45, 7) is 5.79. The highest BCUT2D eigenvalue weighted by atomic mass is 16.6. The number of ether oxygens (including phenoxy) is 3. The highest BCUT2D eigenvalue weighted by Crippen LogP contribution is 2.32. The molecular weight excluding hydrogens is 340 g/mol. The fourth-order valence-electron chi connectivity index (χ4n) is 3.09. The average molecular weight is 364 g/mol. The van der Waals surface area contributed by atoms with E-state index in [-0.39, 0.29) is 12.0 Å². The van der Waals surface area contributed by atoms with Crippen molar-refractivity contribution in [3.63, 3.8) is 0 Å². The van der Waals surface area contributed by atoms with Gasteiger partial charge in [-0.05, 0) is 36.6 Å². The molecule has 0 fully saturated rings. The monoisotopic (exact) mass is 364 g/mol. The van der Waals surface area contributed by atoms with Crippen LogP contribution in [0.1, 0.15) is 40.5 Å². The van der Waals surface area contributed by atoms with Gasteiger partial charge in [0.05, 0.1) is 12.2 Å². The van der Waals surface area contributed by atoms with Gasteiger partial charge in [-0.15, -0.1) is 0 Å². The Bertz CT molecular complexity index is 699. The molecule has 0 radical (unpaired) electrons. The first-order valence-corrected chi connectivity index (χ1v) is 8.46. The van der Waals surface area contributed by atoms with E-state index < -0.39 is 42.8 Å². The summed E-state index contributed by atoms with van der Waals surface area (Å²) >= 11 is 0. The Morgan fingerprint density at radius 1 is 1.15 bits per heavy atom. The van der Waals surface area contributed by atoms with Crippen LogP contribution in [0.5, 0.6) is 0 Å². The number of aliphatic hydroxyl groups is 1. The largest absolute Gasteiger partial charge is 0.458 e. The summed E-state index contributed by atoms with van der Waals surface area (Å²) < 4.78 is 16.1. The second-order valence-electron chi connectivity index (χ2n) is 6.48. The third-order valence-corrected chi connectivity index (χ3v) is 4.48. The molecule has 26 heavy (non-hydrogen) atoms. The molecule has 142 valence electrons. The Balaban J connectivity index is 2.50. The lowest BCUT2D eigenvalue weighted by molar-refractivity contribution is -0.145. The van der Waals surface area contributed by atoms with Crippen LogP contribution in [0.15, 0.2) is 34.4 Å². The van der Waals surface area contributed by atoms with Crippen LogP contribution in [0.25, 0.3) is 0 Å². The molecule has 3 atom stereocenters. The minimum atomic E-state index is -0.688. The number of carbonyl (C=O) groups excluding carboxylic acids is 3. The summed E-state index contributed by atoms with van der Waals surface area (Å²) in [5.41, 5.74) is 2.26. The molecule has 7 nitrogen and oxygen atoms in total. The highest BCUT2D eigenvalue weighted by molar-refractivity contribution is 5.93. The molecule has 3 unspecified atom stereocenters. The first-order valence-electron chi connectivity index (χ1n) is 8.46. The zero-order chi connectivity index (χ0) is 19.4. The van der Waals surface area contributed by atoms with Crippen LogP contribution in [0.2, 0.25) is 0 Å². The lowest BCUT2D eigenvalue weighted by atomic mass is 9.91. The van der Waals surface area contributed by atoms with Gasteiger partial charge >= 0.3 is 17.9 Å². The normalized spacial score (nSPS) is 26.3. The second kappa shape index (κ2) is 8.31. The van der Waals surface area contributed by atoms with E-state index in [0.29, 0.717) is 12.0 Å². The number of hydrogen-bond donors (Lipinski definition) is 1. The predicted molar refractivity (Wildman–Crippen MR) is 91.8 cm³/mol. The van der Waals surface area contributed by atoms with E-state index >= 15 is 0 Å². The van der Waals surface area contributed by atoms with Gasteiger partial charge in [0.2, 0.25) is 0 Å². The van der Waals surface area contributed by atoms with Crippen molar-refractivity contribution in [2.75, 3.05) is 6.61 Å². The highest BCUT2D eigenvalue weighted by Gasteiger charge is 2.35. The topological polar surface area (TPSA) is 99.1 Å². The minimum absolute atomic E-state index is 0.175. The maximum atomic E-state index is 12.1. The van der Waals surface area contributed by atoms with Crippen LogP contribution >= 0.6 is 0 Å². The fourth-order valence-corrected chi connectivity index (χ4v) is 3.09. The van der Waals surface area contributed by atoms with Crippen molar-refractivity contribution < 1.29 is 33.7 Å². The van der Waals surface area contributed by atoms with Gasteiger partial charge in [-0.3, -0.25) is 9.59 Å². The molecule has 0 aromatic carbocycles. The molecule has 1 aliphatic carbocycles. The van der Waals surface area contributed by atoms with E-state index in [2.05, 4.69) is 0 Å². The third-order valence-electron chi connectivity index (χ3n) is 4.48. The number of esters is 3. The number of fused-ring (bicyclic) bond motifs is 1. The quantitative estimate of drug-likeness (QED) is 0.463. The Kier molecular flexibility index (Phi) is 6.37. The van der Waals surface area contributed by atoms with Gasteiger partial charge in [-0.2, -0.15) is 0 Å². The van der Waals surface area contributed by atoms with Crippen molar-refractivity contribution in [2.24, 2.45) is 0 Å². The van der Waals surface area contributed by atoms with E-state index in [4.69, 9.17) is 14.2 Å². The van der Waals surface area contributed by atoms with Crippen molar-refractivity contribution in [3.8, 4) is 0 Å². The smallest absolute Gasteiger partial charge is 0.337 e. The maximum Gasteiger partial charge on any atom is 0.337 e.